The van der Waals surface area contributed by atoms with Crippen molar-refractivity contribution in [2.45, 2.75) is 152 Å². The van der Waals surface area contributed by atoms with Crippen LogP contribution in [0.3, 0.4) is 0 Å². The molecule has 0 aromatic carbocycles. The van der Waals surface area contributed by atoms with Crippen LogP contribution in [0.1, 0.15) is 145 Å². The van der Waals surface area contributed by atoms with Gasteiger partial charge in [0.05, 0.1) is 11.9 Å². The Balaban J connectivity index is 0. The number of aliphatic carboxylic acids is 2. The first kappa shape index (κ1) is 34.6. The topological polar surface area (TPSA) is 80.3 Å². The molecule has 0 aromatic heterocycles. The number of carboxylic acid groups (broad SMARTS) is 2. The zero-order chi connectivity index (χ0) is 25.9. The van der Waals surface area contributed by atoms with E-state index in [4.69, 9.17) is 0 Å². The molecule has 192 valence electrons. The Hall–Kier alpha value is -0.521. The molecule has 0 aromatic rings. The third-order valence-corrected chi connectivity index (χ3v) is 9.45. The van der Waals surface area contributed by atoms with Crippen LogP contribution in [-0.2, 0) is 9.59 Å². The summed E-state index contributed by atoms with van der Waals surface area (Å²) >= 11 is -0.182. The van der Waals surface area contributed by atoms with E-state index in [-0.39, 0.29) is 45.1 Å². The molecule has 0 aliphatic carbocycles. The first-order valence-electron chi connectivity index (χ1n) is 13.2. The molecule has 0 saturated heterocycles. The number of carbonyl (C=O) groups excluding carboxylic acids is 2. The van der Waals surface area contributed by atoms with Gasteiger partial charge in [-0.05, 0) is 36.8 Å². The average Bonchev–Trinajstić information content (AvgIpc) is 2.65. The van der Waals surface area contributed by atoms with Crippen LogP contribution < -0.4 is 10.2 Å². The summed E-state index contributed by atoms with van der Waals surface area (Å²) in [6.45, 7) is 18.5. The summed E-state index contributed by atoms with van der Waals surface area (Å²) in [4.78, 5) is 22.7. The Morgan fingerprint density at radius 2 is 0.818 bits per heavy atom. The Kier molecular flexibility index (Phi) is 20.7. The van der Waals surface area contributed by atoms with Gasteiger partial charge in [0.2, 0.25) is 0 Å². The molecule has 0 heterocycles. The fourth-order valence-electron chi connectivity index (χ4n) is 4.04. The molecule has 0 aliphatic heterocycles. The van der Waals surface area contributed by atoms with Gasteiger partial charge in [-0.2, -0.15) is 0 Å². The quantitative estimate of drug-likeness (QED) is 0.122. The van der Waals surface area contributed by atoms with E-state index in [1.165, 1.54) is 12.8 Å². The zero-order valence-corrected chi connectivity index (χ0v) is 25.9. The van der Waals surface area contributed by atoms with Gasteiger partial charge in [0, 0.05) is 0 Å². The monoisotopic (exact) mass is 572 g/mol. The van der Waals surface area contributed by atoms with Gasteiger partial charge in [0.25, 0.3) is 0 Å². The van der Waals surface area contributed by atoms with Crippen LogP contribution in [0.4, 0.5) is 0 Å². The first-order valence-corrected chi connectivity index (χ1v) is 16.0. The fraction of sp³-hybridized carbons (Fsp3) is 0.857. The Bertz CT molecular complexity index is 505. The summed E-state index contributed by atoms with van der Waals surface area (Å²) in [5.74, 6) is -2.71. The molecule has 33 heavy (non-hydrogen) atoms. The van der Waals surface area contributed by atoms with Gasteiger partial charge >= 0.3 is 69.5 Å². The molecule has 0 aliphatic rings. The molecule has 0 fully saturated rings. The molecule has 0 atom stereocenters. The first-order chi connectivity index (χ1) is 15.2. The number of hydrogen-bond acceptors (Lipinski definition) is 4. The van der Waals surface area contributed by atoms with Crippen molar-refractivity contribution in [3.63, 3.8) is 0 Å². The maximum atomic E-state index is 11.3. The Labute approximate surface area is 215 Å². The fourth-order valence-corrected chi connectivity index (χ4v) is 10.5. The second-order valence-corrected chi connectivity index (χ2v) is 20.5. The zero-order valence-electron chi connectivity index (χ0n) is 23.0. The number of rotatable bonds is 16. The van der Waals surface area contributed by atoms with Crippen LogP contribution >= 0.6 is 0 Å². The Morgan fingerprint density at radius 1 is 0.545 bits per heavy atom. The van der Waals surface area contributed by atoms with Gasteiger partial charge in [0.1, 0.15) is 0 Å². The number of carboxylic acids is 2. The van der Waals surface area contributed by atoms with E-state index in [9.17, 15) is 19.8 Å². The van der Waals surface area contributed by atoms with Crippen molar-refractivity contribution in [3.8, 4) is 0 Å². The van der Waals surface area contributed by atoms with Crippen molar-refractivity contribution in [2.24, 2.45) is 0 Å². The molecule has 0 spiro atoms. The number of unbranched alkanes of at least 4 members (excludes halogenated alkanes) is 10. The second kappa shape index (κ2) is 19.8. The van der Waals surface area contributed by atoms with E-state index >= 15 is 0 Å². The van der Waals surface area contributed by atoms with Crippen molar-refractivity contribution >= 4 is 33.1 Å². The molecular formula is C28H52O4Sn. The number of carbonyl (C=O) groups is 2. The van der Waals surface area contributed by atoms with Crippen LogP contribution in [0, 0.1) is 0 Å². The summed E-state index contributed by atoms with van der Waals surface area (Å²) < 4.78 is 1.31. The van der Waals surface area contributed by atoms with Crippen LogP contribution in [0.2, 0.25) is 6.86 Å². The SMILES string of the molecule is CCCCCCCC/C(C(=O)[O-])=C(\CCCCCCCC)C(=O)[O-].C[C](C)(C)[Sn+2][C](C)(C)C. The molecule has 0 N–H and O–H groups in total. The van der Waals surface area contributed by atoms with Gasteiger partial charge in [-0.1, -0.05) is 78.1 Å². The minimum atomic E-state index is -1.35. The normalized spacial score (nSPS) is 12.4. The predicted molar refractivity (Wildman–Crippen MR) is 138 cm³/mol. The van der Waals surface area contributed by atoms with Gasteiger partial charge in [0.15, 0.2) is 0 Å². The molecular weight excluding hydrogens is 519 g/mol. The van der Waals surface area contributed by atoms with Crippen molar-refractivity contribution in [1.82, 2.24) is 0 Å². The second-order valence-electron chi connectivity index (χ2n) is 11.2. The summed E-state index contributed by atoms with van der Waals surface area (Å²) in [6.07, 6.45) is 12.9. The molecule has 4 nitrogen and oxygen atoms in total. The van der Waals surface area contributed by atoms with E-state index in [0.717, 1.165) is 51.4 Å². The van der Waals surface area contributed by atoms with Crippen LogP contribution in [0.5, 0.6) is 0 Å². The Morgan fingerprint density at radius 3 is 1.03 bits per heavy atom. The van der Waals surface area contributed by atoms with E-state index < -0.39 is 11.9 Å². The van der Waals surface area contributed by atoms with Gasteiger partial charge in [-0.15, -0.1) is 0 Å². The summed E-state index contributed by atoms with van der Waals surface area (Å²) in [5.41, 5.74) is -0.113. The third kappa shape index (κ3) is 24.4. The molecule has 0 rings (SSSR count). The summed E-state index contributed by atoms with van der Waals surface area (Å²) in [7, 11) is 0. The van der Waals surface area contributed by atoms with Gasteiger partial charge in [-0.3, -0.25) is 0 Å². The van der Waals surface area contributed by atoms with Crippen LogP contribution in [0.15, 0.2) is 11.1 Å². The van der Waals surface area contributed by atoms with Gasteiger partial charge in [-0.25, -0.2) is 0 Å². The minimum absolute atomic E-state index is 0.0564. The predicted octanol–water partition coefficient (Wildman–Crippen LogP) is 6.41. The van der Waals surface area contributed by atoms with Crippen molar-refractivity contribution in [2.75, 3.05) is 0 Å². The van der Waals surface area contributed by atoms with Crippen molar-refractivity contribution in [1.29, 1.82) is 0 Å². The number of hydrogen-bond donors (Lipinski definition) is 0. The molecule has 0 radical (unpaired) electrons. The van der Waals surface area contributed by atoms with Crippen LogP contribution in [0.25, 0.3) is 0 Å². The molecule has 5 heteroatoms. The molecule has 0 bridgehead atoms. The van der Waals surface area contributed by atoms with Gasteiger partial charge < -0.3 is 19.8 Å². The maximum absolute atomic E-state index is 11.3. The third-order valence-electron chi connectivity index (χ3n) is 5.17. The van der Waals surface area contributed by atoms with E-state index in [1.54, 1.807) is 0 Å². The van der Waals surface area contributed by atoms with E-state index in [0.29, 0.717) is 19.7 Å². The standard InChI is InChI=1S/C20H36O4.2C4H9.Sn/c1-3-5-7-9-11-13-15-17(19(21)22)18(20(23)24)16-14-12-10-8-6-4-2;2*1-4(2)3;/h3-16H2,1-2H3,(H,21,22)(H,23,24);2*1-3H3;/q;;;+2/p-2/b18-17-;;;. The van der Waals surface area contributed by atoms with Crippen molar-refractivity contribution in [3.05, 3.63) is 11.1 Å². The average molecular weight is 571 g/mol. The molecule has 0 saturated carbocycles. The summed E-state index contributed by atoms with van der Waals surface area (Å²) in [5, 5.41) is 22.7. The molecule has 0 amide bonds. The van der Waals surface area contributed by atoms with E-state index in [1.807, 2.05) is 0 Å². The van der Waals surface area contributed by atoms with E-state index in [2.05, 4.69) is 55.4 Å². The molecule has 0 unspecified atom stereocenters. The summed E-state index contributed by atoms with van der Waals surface area (Å²) in [6, 6.07) is 0. The van der Waals surface area contributed by atoms with Crippen molar-refractivity contribution < 1.29 is 19.8 Å². The van der Waals surface area contributed by atoms with Crippen LogP contribution in [-0.4, -0.2) is 33.1 Å².